The minimum atomic E-state index is -1.18. The highest BCUT2D eigenvalue weighted by Gasteiger charge is 2.19. The van der Waals surface area contributed by atoms with Gasteiger partial charge in [-0.25, -0.2) is 9.59 Å². The first kappa shape index (κ1) is 12.9. The van der Waals surface area contributed by atoms with Gasteiger partial charge in [-0.1, -0.05) is 5.16 Å². The van der Waals surface area contributed by atoms with E-state index in [1.165, 1.54) is 7.11 Å². The maximum absolute atomic E-state index is 11.3. The summed E-state index contributed by atoms with van der Waals surface area (Å²) in [5, 5.41) is 16.8. The van der Waals surface area contributed by atoms with Crippen LogP contribution in [0, 0.1) is 0 Å². The number of hydrogen-bond donors (Lipinski definition) is 3. The van der Waals surface area contributed by atoms with Crippen LogP contribution < -0.4 is 10.6 Å². The summed E-state index contributed by atoms with van der Waals surface area (Å²) in [5.41, 5.74) is 0. The van der Waals surface area contributed by atoms with E-state index >= 15 is 0 Å². The summed E-state index contributed by atoms with van der Waals surface area (Å²) in [6, 6.07) is -1.76. The van der Waals surface area contributed by atoms with Crippen LogP contribution in [0.3, 0.4) is 0 Å². The largest absolute Gasteiger partial charge is 0.480 e. The molecule has 0 saturated heterocycles. The molecule has 1 aromatic heterocycles. The lowest BCUT2D eigenvalue weighted by Gasteiger charge is -2.13. The third-order valence-corrected chi connectivity index (χ3v) is 1.75. The van der Waals surface area contributed by atoms with E-state index in [1.807, 2.05) is 0 Å². The predicted molar refractivity (Wildman–Crippen MR) is 53.0 cm³/mol. The molecule has 0 aromatic carbocycles. The zero-order chi connectivity index (χ0) is 12.7. The Morgan fingerprint density at radius 1 is 1.65 bits per heavy atom. The molecular formula is C8H12N4O5. The van der Waals surface area contributed by atoms with Crippen LogP contribution in [0.25, 0.3) is 0 Å². The highest BCUT2D eigenvalue weighted by atomic mass is 16.5. The molecule has 9 heteroatoms. The van der Waals surface area contributed by atoms with E-state index in [-0.39, 0.29) is 13.2 Å². The first-order chi connectivity index (χ1) is 8.13. The summed E-state index contributed by atoms with van der Waals surface area (Å²) < 4.78 is 9.11. The summed E-state index contributed by atoms with van der Waals surface area (Å²) in [5.74, 6) is -0.889. The van der Waals surface area contributed by atoms with Gasteiger partial charge in [-0.3, -0.25) is 0 Å². The van der Waals surface area contributed by atoms with E-state index in [1.54, 1.807) is 0 Å². The van der Waals surface area contributed by atoms with Gasteiger partial charge in [0.15, 0.2) is 11.9 Å². The van der Waals surface area contributed by atoms with Gasteiger partial charge in [0.1, 0.15) is 0 Å². The SMILES string of the molecule is COCC(NC(=O)NCc1ncon1)C(=O)O. The number of rotatable bonds is 6. The number of ether oxygens (including phenoxy) is 1. The molecule has 2 amide bonds. The maximum atomic E-state index is 11.3. The van der Waals surface area contributed by atoms with Crippen LogP contribution in [0.5, 0.6) is 0 Å². The first-order valence-electron chi connectivity index (χ1n) is 4.65. The van der Waals surface area contributed by atoms with E-state index in [0.717, 1.165) is 6.39 Å². The molecule has 3 N–H and O–H groups in total. The lowest BCUT2D eigenvalue weighted by molar-refractivity contribution is -0.140. The summed E-state index contributed by atoms with van der Waals surface area (Å²) >= 11 is 0. The van der Waals surface area contributed by atoms with Crippen molar-refractivity contribution in [1.29, 1.82) is 0 Å². The highest BCUT2D eigenvalue weighted by molar-refractivity contribution is 5.82. The van der Waals surface area contributed by atoms with Gasteiger partial charge in [0, 0.05) is 7.11 Å². The van der Waals surface area contributed by atoms with E-state index in [0.29, 0.717) is 5.82 Å². The Kier molecular flexibility index (Phi) is 4.88. The van der Waals surface area contributed by atoms with E-state index in [2.05, 4.69) is 30.0 Å². The number of amides is 2. The van der Waals surface area contributed by atoms with Crippen molar-refractivity contribution in [1.82, 2.24) is 20.8 Å². The van der Waals surface area contributed by atoms with Crippen LogP contribution in [0.15, 0.2) is 10.9 Å². The standard InChI is InChI=1S/C8H12N4O5/c1-16-3-5(7(13)14)11-8(15)9-2-6-10-4-17-12-6/h4-5H,2-3H2,1H3,(H,13,14)(H2,9,11,15). The Morgan fingerprint density at radius 3 is 2.94 bits per heavy atom. The van der Waals surface area contributed by atoms with Crippen molar-refractivity contribution in [3.63, 3.8) is 0 Å². The normalized spacial score (nSPS) is 11.8. The molecule has 94 valence electrons. The summed E-state index contributed by atoms with van der Waals surface area (Å²) in [4.78, 5) is 25.7. The van der Waals surface area contributed by atoms with Gasteiger partial charge in [0.25, 0.3) is 0 Å². The summed E-state index contributed by atoms with van der Waals surface area (Å²) in [7, 11) is 1.34. The van der Waals surface area contributed by atoms with E-state index < -0.39 is 18.0 Å². The third kappa shape index (κ3) is 4.47. The zero-order valence-corrected chi connectivity index (χ0v) is 9.04. The van der Waals surface area contributed by atoms with Crippen LogP contribution in [0.1, 0.15) is 5.82 Å². The van der Waals surface area contributed by atoms with Crippen molar-refractivity contribution < 1.29 is 24.0 Å². The van der Waals surface area contributed by atoms with E-state index in [4.69, 9.17) is 5.11 Å². The molecule has 17 heavy (non-hydrogen) atoms. The first-order valence-corrected chi connectivity index (χ1v) is 4.65. The Labute approximate surface area is 96.1 Å². The van der Waals surface area contributed by atoms with Gasteiger partial charge < -0.3 is 25.0 Å². The lowest BCUT2D eigenvalue weighted by Crippen LogP contribution is -2.48. The minimum Gasteiger partial charge on any atom is -0.480 e. The molecule has 0 aliphatic rings. The van der Waals surface area contributed by atoms with Gasteiger partial charge >= 0.3 is 12.0 Å². The van der Waals surface area contributed by atoms with Crippen molar-refractivity contribution >= 4 is 12.0 Å². The molecule has 1 unspecified atom stereocenters. The van der Waals surface area contributed by atoms with Crippen LogP contribution >= 0.6 is 0 Å². The quantitative estimate of drug-likeness (QED) is 0.583. The van der Waals surface area contributed by atoms with Crippen LogP contribution in [-0.4, -0.2) is 47.0 Å². The second-order valence-electron chi connectivity index (χ2n) is 3.02. The van der Waals surface area contributed by atoms with Crippen molar-refractivity contribution in [3.05, 3.63) is 12.2 Å². The fourth-order valence-electron chi connectivity index (χ4n) is 0.980. The molecule has 0 aliphatic heterocycles. The molecule has 1 rings (SSSR count). The highest BCUT2D eigenvalue weighted by Crippen LogP contribution is 1.88. The average Bonchev–Trinajstić information content (AvgIpc) is 2.78. The molecule has 0 spiro atoms. The molecule has 0 fully saturated rings. The number of methoxy groups -OCH3 is 1. The fourth-order valence-corrected chi connectivity index (χ4v) is 0.980. The van der Waals surface area contributed by atoms with Crippen molar-refractivity contribution in [2.75, 3.05) is 13.7 Å². The fraction of sp³-hybridized carbons (Fsp3) is 0.500. The van der Waals surface area contributed by atoms with Crippen LogP contribution in [0.4, 0.5) is 4.79 Å². The molecule has 1 heterocycles. The number of nitrogens with one attached hydrogen (secondary N) is 2. The number of urea groups is 1. The molecule has 1 atom stereocenters. The Balaban J connectivity index is 2.34. The number of hydrogen-bond acceptors (Lipinski definition) is 6. The number of nitrogens with zero attached hydrogens (tertiary/aromatic N) is 2. The van der Waals surface area contributed by atoms with Crippen molar-refractivity contribution in [2.45, 2.75) is 12.6 Å². The summed E-state index contributed by atoms with van der Waals surface area (Å²) in [6.07, 6.45) is 1.12. The molecule has 0 saturated carbocycles. The smallest absolute Gasteiger partial charge is 0.328 e. The number of carbonyl (C=O) groups excluding carboxylic acids is 1. The van der Waals surface area contributed by atoms with Crippen LogP contribution in [-0.2, 0) is 16.1 Å². The van der Waals surface area contributed by atoms with E-state index in [9.17, 15) is 9.59 Å². The Bertz CT molecular complexity index is 366. The predicted octanol–water partition coefficient (Wildman–Crippen LogP) is -1.03. The maximum Gasteiger partial charge on any atom is 0.328 e. The molecular weight excluding hydrogens is 232 g/mol. The van der Waals surface area contributed by atoms with Gasteiger partial charge in [-0.15, -0.1) is 0 Å². The summed E-state index contributed by atoms with van der Waals surface area (Å²) in [6.45, 7) is -0.0768. The van der Waals surface area contributed by atoms with Gasteiger partial charge in [0.2, 0.25) is 6.39 Å². The van der Waals surface area contributed by atoms with Gasteiger partial charge in [0.05, 0.1) is 13.2 Å². The molecule has 0 radical (unpaired) electrons. The Hall–Kier alpha value is -2.16. The second-order valence-corrected chi connectivity index (χ2v) is 3.02. The second kappa shape index (κ2) is 6.43. The number of carboxylic acids is 1. The minimum absolute atomic E-state index is 0.0433. The molecule has 0 bridgehead atoms. The number of aromatic nitrogens is 2. The number of aliphatic carboxylic acids is 1. The number of carboxylic acid groups (broad SMARTS) is 1. The lowest BCUT2D eigenvalue weighted by atomic mass is 10.3. The topological polar surface area (TPSA) is 127 Å². The monoisotopic (exact) mass is 244 g/mol. The molecule has 0 aliphatic carbocycles. The van der Waals surface area contributed by atoms with Gasteiger partial charge in [-0.2, -0.15) is 4.98 Å². The average molecular weight is 244 g/mol. The van der Waals surface area contributed by atoms with Crippen LogP contribution in [0.2, 0.25) is 0 Å². The molecule has 9 nitrogen and oxygen atoms in total. The Morgan fingerprint density at radius 2 is 2.41 bits per heavy atom. The third-order valence-electron chi connectivity index (χ3n) is 1.75. The van der Waals surface area contributed by atoms with Crippen molar-refractivity contribution in [3.8, 4) is 0 Å². The van der Waals surface area contributed by atoms with Crippen molar-refractivity contribution in [2.24, 2.45) is 0 Å². The number of carbonyl (C=O) groups is 2. The van der Waals surface area contributed by atoms with Gasteiger partial charge in [-0.05, 0) is 0 Å². The zero-order valence-electron chi connectivity index (χ0n) is 9.04. The molecule has 1 aromatic rings.